The van der Waals surface area contributed by atoms with Gasteiger partial charge in [-0.05, 0) is 68.3 Å². The van der Waals surface area contributed by atoms with Crippen molar-refractivity contribution in [1.82, 2.24) is 4.72 Å². The largest absolute Gasteiger partial charge is 0.456 e. The zero-order valence-corrected chi connectivity index (χ0v) is 23.7. The molecule has 1 fully saturated rings. The minimum absolute atomic E-state index is 0.0404. The van der Waals surface area contributed by atoms with Gasteiger partial charge in [0.2, 0.25) is 0 Å². The van der Waals surface area contributed by atoms with Crippen LogP contribution in [0.3, 0.4) is 0 Å². The smallest absolute Gasteiger partial charge is 0.251 e. The number of allylic oxidation sites excluding steroid dienone is 2. The first-order valence-corrected chi connectivity index (χ1v) is 14.7. The van der Waals surface area contributed by atoms with Crippen molar-refractivity contribution in [2.45, 2.75) is 64.8 Å². The topological polar surface area (TPSA) is 156 Å². The van der Waals surface area contributed by atoms with Crippen LogP contribution in [0.15, 0.2) is 57.9 Å². The second-order valence-corrected chi connectivity index (χ2v) is 11.4. The summed E-state index contributed by atoms with van der Waals surface area (Å²) in [5.74, 6) is 0.660. The molecule has 2 unspecified atom stereocenters. The molecule has 3 aromatic rings. The highest BCUT2D eigenvalue weighted by atomic mass is 32.2. The molecule has 0 radical (unpaired) electrons. The van der Waals surface area contributed by atoms with Crippen LogP contribution in [-0.4, -0.2) is 67.5 Å². The number of ether oxygens (including phenoxy) is 1. The second kappa shape index (κ2) is 12.1. The van der Waals surface area contributed by atoms with Crippen LogP contribution in [0, 0.1) is 11.3 Å². The monoisotopic (exact) mass is 569 g/mol. The van der Waals surface area contributed by atoms with Crippen LogP contribution in [0.2, 0.25) is 0 Å². The summed E-state index contributed by atoms with van der Waals surface area (Å²) in [7, 11) is -4.54. The molecule has 4 rings (SSSR count). The van der Waals surface area contributed by atoms with E-state index < -0.39 is 45.6 Å². The van der Waals surface area contributed by atoms with Crippen LogP contribution >= 0.6 is 0 Å². The number of hydrogen-bond acceptors (Lipinski definition) is 9. The molecule has 40 heavy (non-hydrogen) atoms. The van der Waals surface area contributed by atoms with Crippen LogP contribution in [0.25, 0.3) is 27.7 Å². The lowest BCUT2D eigenvalue weighted by Crippen LogP contribution is -2.63. The highest BCUT2D eigenvalue weighted by molar-refractivity contribution is 7.93. The van der Waals surface area contributed by atoms with Gasteiger partial charge in [0.05, 0.1) is 6.10 Å². The standard InChI is InChI=1S/C29H35N3O7S/c1-5-22-27(33)28(34)26(29(35)39-22)31-40(36,37)25(16-30)17(4)23-12-13-24(38-23)20-9-8-19-15-21(32(6-2)7-3)11-10-18(19)14-20/h8-15,22,26-29,31,33-35H,5-7H2,1-4H3/b25-17+/t22-,26?,27-,28-,29?/m1/s1. The van der Waals surface area contributed by atoms with E-state index in [0.29, 0.717) is 12.2 Å². The second-order valence-electron chi connectivity index (χ2n) is 9.75. The molecule has 2 heterocycles. The van der Waals surface area contributed by atoms with Gasteiger partial charge in [-0.25, -0.2) is 8.42 Å². The summed E-state index contributed by atoms with van der Waals surface area (Å²) >= 11 is 0. The van der Waals surface area contributed by atoms with Gasteiger partial charge in [0, 0.05) is 29.9 Å². The molecule has 4 N–H and O–H groups in total. The highest BCUT2D eigenvalue weighted by Crippen LogP contribution is 2.32. The van der Waals surface area contributed by atoms with Gasteiger partial charge in [-0.2, -0.15) is 9.98 Å². The molecule has 1 aliphatic rings. The number of rotatable bonds is 9. The maximum absolute atomic E-state index is 13.1. The Labute approximate surface area is 234 Å². The molecule has 0 saturated carbocycles. The molecule has 2 aromatic carbocycles. The molecule has 10 nitrogen and oxygen atoms in total. The number of aliphatic hydroxyl groups is 3. The van der Waals surface area contributed by atoms with Crippen molar-refractivity contribution < 1.29 is 32.9 Å². The Bertz CT molecular complexity index is 1540. The molecule has 0 bridgehead atoms. The van der Waals surface area contributed by atoms with Crippen molar-refractivity contribution in [3.8, 4) is 17.4 Å². The van der Waals surface area contributed by atoms with Crippen molar-refractivity contribution in [2.24, 2.45) is 0 Å². The third kappa shape index (κ3) is 5.78. The number of nitrogens with one attached hydrogen (secondary N) is 1. The molecule has 1 aromatic heterocycles. The maximum atomic E-state index is 13.1. The molecule has 214 valence electrons. The third-order valence-electron chi connectivity index (χ3n) is 7.34. The Kier molecular flexibility index (Phi) is 8.99. The molecular weight excluding hydrogens is 534 g/mol. The average molecular weight is 570 g/mol. The van der Waals surface area contributed by atoms with E-state index in [4.69, 9.17) is 9.15 Å². The number of aliphatic hydroxyl groups excluding tert-OH is 3. The van der Waals surface area contributed by atoms with E-state index in [-0.39, 0.29) is 11.3 Å². The Hall–Kier alpha value is -3.24. The summed E-state index contributed by atoms with van der Waals surface area (Å²) in [5, 5.41) is 42.8. The van der Waals surface area contributed by atoms with Crippen molar-refractivity contribution >= 4 is 32.1 Å². The fourth-order valence-corrected chi connectivity index (χ4v) is 6.33. The number of hydrogen-bond donors (Lipinski definition) is 4. The quantitative estimate of drug-likeness (QED) is 0.284. The lowest BCUT2D eigenvalue weighted by Gasteiger charge is -2.40. The van der Waals surface area contributed by atoms with Crippen LogP contribution in [0.5, 0.6) is 0 Å². The van der Waals surface area contributed by atoms with Gasteiger partial charge in [0.15, 0.2) is 11.2 Å². The number of nitriles is 1. The fraction of sp³-hybridized carbons (Fsp3) is 0.414. The Morgan fingerprint density at radius 3 is 2.33 bits per heavy atom. The van der Waals surface area contributed by atoms with Crippen LogP contribution < -0.4 is 9.62 Å². The predicted molar refractivity (Wildman–Crippen MR) is 152 cm³/mol. The van der Waals surface area contributed by atoms with Crippen molar-refractivity contribution in [1.29, 1.82) is 5.26 Å². The Morgan fingerprint density at radius 1 is 1.00 bits per heavy atom. The summed E-state index contributed by atoms with van der Waals surface area (Å²) in [6.45, 7) is 9.18. The first-order chi connectivity index (χ1) is 19.0. The van der Waals surface area contributed by atoms with Gasteiger partial charge in [0.25, 0.3) is 10.0 Å². The molecule has 1 saturated heterocycles. The molecule has 0 amide bonds. The zero-order chi connectivity index (χ0) is 29.2. The summed E-state index contributed by atoms with van der Waals surface area (Å²) in [6.07, 6.45) is -5.35. The average Bonchev–Trinajstić information content (AvgIpc) is 3.44. The number of furan rings is 1. The predicted octanol–water partition coefficient (Wildman–Crippen LogP) is 3.34. The lowest BCUT2D eigenvalue weighted by atomic mass is 9.96. The fourth-order valence-electron chi connectivity index (χ4n) is 4.97. The van der Waals surface area contributed by atoms with Crippen LogP contribution in [0.1, 0.15) is 39.9 Å². The van der Waals surface area contributed by atoms with Gasteiger partial charge < -0.3 is 29.4 Å². The van der Waals surface area contributed by atoms with Gasteiger partial charge in [0.1, 0.15) is 35.8 Å². The van der Waals surface area contributed by atoms with Crippen LogP contribution in [-0.2, 0) is 14.8 Å². The molecule has 5 atom stereocenters. The minimum atomic E-state index is -4.54. The number of fused-ring (bicyclic) bond motifs is 1. The Balaban J connectivity index is 1.60. The van der Waals surface area contributed by atoms with E-state index in [1.807, 2.05) is 24.3 Å². The van der Waals surface area contributed by atoms with E-state index >= 15 is 0 Å². The van der Waals surface area contributed by atoms with Gasteiger partial charge in [-0.15, -0.1) is 0 Å². The molecule has 11 heteroatoms. The molecule has 0 spiro atoms. The molecular formula is C29H35N3O7S. The highest BCUT2D eigenvalue weighted by Gasteiger charge is 2.45. The molecule has 0 aliphatic carbocycles. The van der Waals surface area contributed by atoms with E-state index in [2.05, 4.69) is 35.6 Å². The summed E-state index contributed by atoms with van der Waals surface area (Å²) in [4.78, 5) is 1.62. The van der Waals surface area contributed by atoms with Gasteiger partial charge >= 0.3 is 0 Å². The lowest BCUT2D eigenvalue weighted by molar-refractivity contribution is -0.244. The van der Waals surface area contributed by atoms with Gasteiger partial charge in [-0.1, -0.05) is 25.1 Å². The minimum Gasteiger partial charge on any atom is -0.456 e. The zero-order valence-electron chi connectivity index (χ0n) is 22.9. The number of anilines is 1. The maximum Gasteiger partial charge on any atom is 0.251 e. The third-order valence-corrected chi connectivity index (χ3v) is 8.85. The summed E-state index contributed by atoms with van der Waals surface area (Å²) in [5.41, 5.74) is 1.97. The normalized spacial score (nSPS) is 24.0. The van der Waals surface area contributed by atoms with Crippen molar-refractivity contribution in [2.75, 3.05) is 18.0 Å². The number of nitrogens with zero attached hydrogens (tertiary/aromatic N) is 2. The summed E-state index contributed by atoms with van der Waals surface area (Å²) < 4.78 is 39.6. The first kappa shape index (κ1) is 29.7. The van der Waals surface area contributed by atoms with Crippen molar-refractivity contribution in [3.05, 3.63) is 59.2 Å². The van der Waals surface area contributed by atoms with Gasteiger partial charge in [-0.3, -0.25) is 0 Å². The van der Waals surface area contributed by atoms with Crippen molar-refractivity contribution in [3.63, 3.8) is 0 Å². The van der Waals surface area contributed by atoms with E-state index in [1.165, 1.54) is 6.92 Å². The first-order valence-electron chi connectivity index (χ1n) is 13.3. The molecule has 1 aliphatic heterocycles. The Morgan fingerprint density at radius 2 is 1.68 bits per heavy atom. The van der Waals surface area contributed by atoms with E-state index in [1.54, 1.807) is 25.1 Å². The number of benzene rings is 2. The van der Waals surface area contributed by atoms with Crippen LogP contribution in [0.4, 0.5) is 5.69 Å². The van der Waals surface area contributed by atoms with E-state index in [0.717, 1.165) is 35.1 Å². The number of sulfonamides is 1. The summed E-state index contributed by atoms with van der Waals surface area (Å²) in [6, 6.07) is 15.5. The SMILES string of the molecule is CC[C@H]1OC(O)C(NS(=O)(=O)/C(C#N)=C(\C)c2ccc(-c3ccc4cc(N(CC)CC)ccc4c3)o2)[C@@H](O)[C@@H]1O. The van der Waals surface area contributed by atoms with E-state index in [9.17, 15) is 29.0 Å².